The zero-order valence-corrected chi connectivity index (χ0v) is 7.56. The van der Waals surface area contributed by atoms with Gasteiger partial charge in [-0.05, 0) is 12.8 Å². The molecule has 1 aliphatic rings. The van der Waals surface area contributed by atoms with Gasteiger partial charge >= 0.3 is 11.7 Å². The van der Waals surface area contributed by atoms with Gasteiger partial charge in [-0.3, -0.25) is 9.78 Å². The number of carbonyl (C=O) groups is 1. The van der Waals surface area contributed by atoms with E-state index >= 15 is 0 Å². The van der Waals surface area contributed by atoms with Crippen LogP contribution in [-0.4, -0.2) is 25.8 Å². The van der Waals surface area contributed by atoms with E-state index in [0.717, 1.165) is 12.8 Å². The maximum absolute atomic E-state index is 11.2. The monoisotopic (exact) mass is 197 g/mol. The van der Waals surface area contributed by atoms with Crippen LogP contribution in [0.3, 0.4) is 0 Å². The van der Waals surface area contributed by atoms with Gasteiger partial charge in [0.15, 0.2) is 0 Å². The van der Waals surface area contributed by atoms with Gasteiger partial charge in [0.05, 0.1) is 13.0 Å². The molecular formula is C8H11N3O3. The van der Waals surface area contributed by atoms with Crippen molar-refractivity contribution in [3.8, 4) is 0 Å². The highest BCUT2D eigenvalue weighted by molar-refractivity contribution is 5.66. The van der Waals surface area contributed by atoms with Gasteiger partial charge in [0, 0.05) is 5.92 Å². The zero-order valence-electron chi connectivity index (χ0n) is 7.56. The number of hydrogen-bond donors (Lipinski definition) is 2. The van der Waals surface area contributed by atoms with Gasteiger partial charge in [0.1, 0.15) is 5.82 Å². The first-order chi connectivity index (χ1) is 6.66. The van der Waals surface area contributed by atoms with Crippen molar-refractivity contribution < 1.29 is 9.90 Å². The smallest absolute Gasteiger partial charge is 0.343 e. The Labute approximate surface area is 79.6 Å². The summed E-state index contributed by atoms with van der Waals surface area (Å²) in [6, 6.07) is 0. The Morgan fingerprint density at radius 2 is 2.36 bits per heavy atom. The maximum Gasteiger partial charge on any atom is 0.343 e. The Morgan fingerprint density at radius 1 is 1.64 bits per heavy atom. The van der Waals surface area contributed by atoms with E-state index in [1.54, 1.807) is 0 Å². The Morgan fingerprint density at radius 3 is 2.93 bits per heavy atom. The highest BCUT2D eigenvalue weighted by atomic mass is 16.4. The number of nitrogens with one attached hydrogen (secondary N) is 1. The van der Waals surface area contributed by atoms with E-state index < -0.39 is 5.97 Å². The molecule has 0 spiro atoms. The molecule has 1 heterocycles. The van der Waals surface area contributed by atoms with Crippen LogP contribution in [-0.2, 0) is 11.3 Å². The number of hydrogen-bond acceptors (Lipinski definition) is 3. The predicted octanol–water partition coefficient (Wildman–Crippen LogP) is -0.0765. The summed E-state index contributed by atoms with van der Waals surface area (Å²) in [6.45, 7) is 0.136. The lowest BCUT2D eigenvalue weighted by Gasteiger charge is -1.94. The van der Waals surface area contributed by atoms with Crippen LogP contribution in [0.25, 0.3) is 0 Å². The molecule has 1 saturated carbocycles. The number of aromatic nitrogens is 3. The molecule has 6 nitrogen and oxygen atoms in total. The Hall–Kier alpha value is -1.59. The molecule has 0 aliphatic heterocycles. The minimum atomic E-state index is -0.923. The third-order valence-corrected chi connectivity index (χ3v) is 2.20. The summed E-state index contributed by atoms with van der Waals surface area (Å²) >= 11 is 0. The first-order valence-corrected chi connectivity index (χ1v) is 4.55. The molecule has 0 unspecified atom stereocenters. The van der Waals surface area contributed by atoms with Crippen LogP contribution < -0.4 is 5.69 Å². The predicted molar refractivity (Wildman–Crippen MR) is 47.1 cm³/mol. The lowest BCUT2D eigenvalue weighted by molar-refractivity contribution is -0.137. The van der Waals surface area contributed by atoms with E-state index in [-0.39, 0.29) is 18.7 Å². The van der Waals surface area contributed by atoms with E-state index in [1.807, 2.05) is 0 Å². The summed E-state index contributed by atoms with van der Waals surface area (Å²) in [5.74, 6) is 0.155. The van der Waals surface area contributed by atoms with E-state index in [2.05, 4.69) is 10.1 Å². The molecule has 14 heavy (non-hydrogen) atoms. The van der Waals surface area contributed by atoms with Gasteiger partial charge in [0.2, 0.25) is 0 Å². The zero-order chi connectivity index (χ0) is 10.1. The summed E-state index contributed by atoms with van der Waals surface area (Å²) in [4.78, 5) is 24.2. The van der Waals surface area contributed by atoms with Crippen molar-refractivity contribution in [3.05, 3.63) is 16.3 Å². The summed E-state index contributed by atoms with van der Waals surface area (Å²) < 4.78 is 1.18. The molecule has 1 fully saturated rings. The fourth-order valence-corrected chi connectivity index (χ4v) is 1.27. The van der Waals surface area contributed by atoms with Crippen molar-refractivity contribution in [3.63, 3.8) is 0 Å². The van der Waals surface area contributed by atoms with Crippen molar-refractivity contribution in [2.75, 3.05) is 0 Å². The largest absolute Gasteiger partial charge is 0.481 e. The van der Waals surface area contributed by atoms with Crippen molar-refractivity contribution in [1.29, 1.82) is 0 Å². The van der Waals surface area contributed by atoms with Crippen LogP contribution >= 0.6 is 0 Å². The molecule has 2 rings (SSSR count). The summed E-state index contributed by atoms with van der Waals surface area (Å²) in [5, 5.41) is 12.5. The first kappa shape index (κ1) is 8.98. The average molecular weight is 197 g/mol. The lowest BCUT2D eigenvalue weighted by Crippen LogP contribution is -2.19. The van der Waals surface area contributed by atoms with Crippen molar-refractivity contribution in [2.45, 2.75) is 31.7 Å². The van der Waals surface area contributed by atoms with Crippen LogP contribution in [0, 0.1) is 0 Å². The molecule has 0 bridgehead atoms. The second-order valence-electron chi connectivity index (χ2n) is 3.46. The first-order valence-electron chi connectivity index (χ1n) is 4.55. The normalized spacial score (nSPS) is 15.7. The number of aromatic amines is 1. The van der Waals surface area contributed by atoms with Crippen molar-refractivity contribution >= 4 is 5.97 Å². The van der Waals surface area contributed by atoms with Crippen molar-refractivity contribution in [1.82, 2.24) is 14.8 Å². The number of aryl methyl sites for hydroxylation is 1. The maximum atomic E-state index is 11.2. The number of carboxylic acids is 1. The summed E-state index contributed by atoms with van der Waals surface area (Å²) in [6.07, 6.45) is 2.05. The quantitative estimate of drug-likeness (QED) is 0.706. The number of H-pyrrole nitrogens is 1. The molecule has 1 aromatic heterocycles. The Balaban J connectivity index is 2.09. The van der Waals surface area contributed by atoms with Crippen LogP contribution in [0.4, 0.5) is 0 Å². The molecule has 0 radical (unpaired) electrons. The standard InChI is InChI=1S/C8H11N3O3/c12-6(13)3-4-11-8(14)9-7(10-11)5-1-2-5/h5H,1-4H2,(H,12,13)(H,9,10,14). The van der Waals surface area contributed by atoms with Crippen LogP contribution in [0.15, 0.2) is 4.79 Å². The van der Waals surface area contributed by atoms with E-state index in [4.69, 9.17) is 5.11 Å². The van der Waals surface area contributed by atoms with Gasteiger partial charge in [-0.1, -0.05) is 0 Å². The highest BCUT2D eigenvalue weighted by Gasteiger charge is 2.27. The molecule has 76 valence electrons. The van der Waals surface area contributed by atoms with Gasteiger partial charge < -0.3 is 5.11 Å². The van der Waals surface area contributed by atoms with Gasteiger partial charge in [-0.15, -0.1) is 0 Å². The van der Waals surface area contributed by atoms with Crippen LogP contribution in [0.5, 0.6) is 0 Å². The second-order valence-corrected chi connectivity index (χ2v) is 3.46. The number of rotatable bonds is 4. The van der Waals surface area contributed by atoms with Crippen LogP contribution in [0.1, 0.15) is 31.0 Å². The molecular weight excluding hydrogens is 186 g/mol. The molecule has 0 saturated heterocycles. The third kappa shape index (κ3) is 1.84. The van der Waals surface area contributed by atoms with Crippen LogP contribution in [0.2, 0.25) is 0 Å². The summed E-state index contributed by atoms with van der Waals surface area (Å²) in [7, 11) is 0. The Bertz CT molecular complexity index is 402. The highest BCUT2D eigenvalue weighted by Crippen LogP contribution is 2.37. The molecule has 0 aromatic carbocycles. The van der Waals surface area contributed by atoms with Gasteiger partial charge in [0.25, 0.3) is 0 Å². The molecule has 0 atom stereocenters. The SMILES string of the molecule is O=C(O)CCn1nc(C2CC2)[nH]c1=O. The lowest BCUT2D eigenvalue weighted by atomic mass is 10.4. The molecule has 6 heteroatoms. The van der Waals surface area contributed by atoms with E-state index in [0.29, 0.717) is 11.7 Å². The fourth-order valence-electron chi connectivity index (χ4n) is 1.27. The van der Waals surface area contributed by atoms with Gasteiger partial charge in [-0.2, -0.15) is 5.10 Å². The summed E-state index contributed by atoms with van der Waals surface area (Å²) in [5.41, 5.74) is -0.312. The molecule has 1 aliphatic carbocycles. The van der Waals surface area contributed by atoms with Gasteiger partial charge in [-0.25, -0.2) is 9.48 Å². The minimum absolute atomic E-state index is 0.0745. The third-order valence-electron chi connectivity index (χ3n) is 2.20. The minimum Gasteiger partial charge on any atom is -0.481 e. The molecule has 1 aromatic rings. The second kappa shape index (κ2) is 3.28. The fraction of sp³-hybridized carbons (Fsp3) is 0.625. The van der Waals surface area contributed by atoms with E-state index in [1.165, 1.54) is 4.68 Å². The number of carboxylic acid groups (broad SMARTS) is 1. The topological polar surface area (TPSA) is 88.0 Å². The van der Waals surface area contributed by atoms with Crippen molar-refractivity contribution in [2.24, 2.45) is 0 Å². The molecule has 0 amide bonds. The van der Waals surface area contributed by atoms with E-state index in [9.17, 15) is 9.59 Å². The average Bonchev–Trinajstić information content (AvgIpc) is 2.88. The number of aliphatic carboxylic acids is 1. The number of nitrogens with zero attached hydrogens (tertiary/aromatic N) is 2. The molecule has 2 N–H and O–H groups in total. The Kier molecular flexibility index (Phi) is 2.11.